The molecule has 2 heterocycles. The molecule has 0 radical (unpaired) electrons. The molecular weight excluding hydrogens is 306 g/mol. The minimum Gasteiger partial charge on any atom is -0.444 e. The number of aromatic nitrogens is 1. The van der Waals surface area contributed by atoms with Gasteiger partial charge in [-0.05, 0) is 12.0 Å². The maximum Gasteiger partial charge on any atom is 0.237 e. The van der Waals surface area contributed by atoms with Crippen molar-refractivity contribution in [1.29, 1.82) is 0 Å². The van der Waals surface area contributed by atoms with Gasteiger partial charge in [-0.3, -0.25) is 4.79 Å². The van der Waals surface area contributed by atoms with Crippen molar-refractivity contribution < 1.29 is 14.3 Å². The van der Waals surface area contributed by atoms with E-state index in [2.05, 4.69) is 15.6 Å². The molecule has 3 N–H and O–H groups in total. The second kappa shape index (κ2) is 7.40. The van der Waals surface area contributed by atoms with Crippen LogP contribution in [0.25, 0.3) is 11.3 Å². The number of oxazole rings is 1. The number of nitrogens with one attached hydrogen (secondary N) is 2. The molecule has 1 saturated heterocycles. The normalized spacial score (nSPS) is 20.4. The second-order valence-corrected chi connectivity index (χ2v) is 5.13. The number of carbonyl (C=O) groups is 1. The van der Waals surface area contributed by atoms with Gasteiger partial charge in [0.1, 0.15) is 0 Å². The number of aliphatic hydroxyl groups excluding tert-OH is 1. The van der Waals surface area contributed by atoms with Crippen molar-refractivity contribution >= 4 is 18.3 Å². The predicted molar refractivity (Wildman–Crippen MR) is 83.4 cm³/mol. The maximum absolute atomic E-state index is 11.9. The summed E-state index contributed by atoms with van der Waals surface area (Å²) in [6.07, 6.45) is 3.10. The van der Waals surface area contributed by atoms with Gasteiger partial charge in [0.25, 0.3) is 0 Å². The Balaban J connectivity index is 0.00000176. The Morgan fingerprint density at radius 1 is 1.41 bits per heavy atom. The van der Waals surface area contributed by atoms with E-state index < -0.39 is 6.10 Å². The van der Waals surface area contributed by atoms with Gasteiger partial charge in [-0.25, -0.2) is 4.98 Å². The first-order valence-corrected chi connectivity index (χ1v) is 6.89. The largest absolute Gasteiger partial charge is 0.444 e. The smallest absolute Gasteiger partial charge is 0.237 e. The van der Waals surface area contributed by atoms with E-state index in [0.29, 0.717) is 19.5 Å². The number of β-amino-alcohol motifs (C(OH)–C–C–N with tert-alkyl or cyclic N) is 1. The number of hydrogen-bond acceptors (Lipinski definition) is 5. The standard InChI is InChI=1S/C15H17N3O3.ClH/c19-12-5-13(17-7-12)15(20)18-6-10-1-3-11(4-2-10)14-8-16-9-21-14;/h1-4,8-9,12-13,17,19H,5-7H2,(H,18,20);1H. The third-order valence-electron chi connectivity index (χ3n) is 3.56. The van der Waals surface area contributed by atoms with Gasteiger partial charge in [0.15, 0.2) is 12.2 Å². The molecule has 0 saturated carbocycles. The van der Waals surface area contributed by atoms with Crippen LogP contribution >= 0.6 is 12.4 Å². The van der Waals surface area contributed by atoms with E-state index >= 15 is 0 Å². The van der Waals surface area contributed by atoms with Gasteiger partial charge in [0.05, 0.1) is 18.3 Å². The third kappa shape index (κ3) is 3.85. The fourth-order valence-corrected chi connectivity index (χ4v) is 2.37. The lowest BCUT2D eigenvalue weighted by atomic mass is 10.1. The molecule has 3 rings (SSSR count). The molecule has 1 aromatic heterocycles. The highest BCUT2D eigenvalue weighted by atomic mass is 35.5. The summed E-state index contributed by atoms with van der Waals surface area (Å²) in [6.45, 7) is 0.938. The molecule has 0 spiro atoms. The predicted octanol–water partition coefficient (Wildman–Crippen LogP) is 1.10. The SMILES string of the molecule is Cl.O=C(NCc1ccc(-c2cnco2)cc1)C1CC(O)CN1. The minimum absolute atomic E-state index is 0. The molecule has 0 aliphatic carbocycles. The Kier molecular flexibility index (Phi) is 5.54. The van der Waals surface area contributed by atoms with Gasteiger partial charge in [-0.15, -0.1) is 12.4 Å². The van der Waals surface area contributed by atoms with Gasteiger partial charge in [-0.2, -0.15) is 0 Å². The van der Waals surface area contributed by atoms with Crippen molar-refractivity contribution in [2.24, 2.45) is 0 Å². The van der Waals surface area contributed by atoms with E-state index in [1.165, 1.54) is 6.39 Å². The average Bonchev–Trinajstić information content (AvgIpc) is 3.16. The van der Waals surface area contributed by atoms with Crippen molar-refractivity contribution in [2.45, 2.75) is 25.1 Å². The van der Waals surface area contributed by atoms with Gasteiger partial charge in [-0.1, -0.05) is 24.3 Å². The molecule has 1 aromatic carbocycles. The van der Waals surface area contributed by atoms with E-state index in [-0.39, 0.29) is 24.4 Å². The highest BCUT2D eigenvalue weighted by molar-refractivity contribution is 5.85. The number of nitrogens with zero attached hydrogens (tertiary/aromatic N) is 1. The summed E-state index contributed by atoms with van der Waals surface area (Å²) < 4.78 is 5.22. The van der Waals surface area contributed by atoms with Crippen LogP contribution < -0.4 is 10.6 Å². The lowest BCUT2D eigenvalue weighted by Gasteiger charge is -2.11. The molecule has 0 bridgehead atoms. The fraction of sp³-hybridized carbons (Fsp3) is 0.333. The molecule has 1 amide bonds. The molecule has 2 atom stereocenters. The first kappa shape index (κ1) is 16.5. The van der Waals surface area contributed by atoms with E-state index in [1.807, 2.05) is 24.3 Å². The van der Waals surface area contributed by atoms with Crippen molar-refractivity contribution in [2.75, 3.05) is 6.54 Å². The van der Waals surface area contributed by atoms with Crippen LogP contribution in [0.3, 0.4) is 0 Å². The van der Waals surface area contributed by atoms with E-state index in [4.69, 9.17) is 4.42 Å². The van der Waals surface area contributed by atoms with Crippen molar-refractivity contribution in [3.8, 4) is 11.3 Å². The summed E-state index contributed by atoms with van der Waals surface area (Å²) in [5.74, 6) is 0.639. The quantitative estimate of drug-likeness (QED) is 0.784. The van der Waals surface area contributed by atoms with Crippen LogP contribution in [0.5, 0.6) is 0 Å². The zero-order valence-electron chi connectivity index (χ0n) is 11.9. The number of hydrogen-bond donors (Lipinski definition) is 3. The van der Waals surface area contributed by atoms with Crippen molar-refractivity contribution in [3.63, 3.8) is 0 Å². The minimum atomic E-state index is -0.429. The Morgan fingerprint density at radius 3 is 2.77 bits per heavy atom. The van der Waals surface area contributed by atoms with Gasteiger partial charge in [0, 0.05) is 18.7 Å². The molecule has 7 heteroatoms. The number of halogens is 1. The fourth-order valence-electron chi connectivity index (χ4n) is 2.37. The van der Waals surface area contributed by atoms with Gasteiger partial charge in [0.2, 0.25) is 5.91 Å². The summed E-state index contributed by atoms with van der Waals surface area (Å²) in [7, 11) is 0. The van der Waals surface area contributed by atoms with Crippen LogP contribution in [0, 0.1) is 0 Å². The highest BCUT2D eigenvalue weighted by Gasteiger charge is 2.27. The monoisotopic (exact) mass is 323 g/mol. The summed E-state index contributed by atoms with van der Waals surface area (Å²) >= 11 is 0. The van der Waals surface area contributed by atoms with Gasteiger partial charge < -0.3 is 20.2 Å². The average molecular weight is 324 g/mol. The van der Waals surface area contributed by atoms with Crippen LogP contribution in [0.2, 0.25) is 0 Å². The summed E-state index contributed by atoms with van der Waals surface area (Å²) in [5, 5.41) is 15.3. The summed E-state index contributed by atoms with van der Waals surface area (Å²) in [6, 6.07) is 7.44. The molecule has 118 valence electrons. The topological polar surface area (TPSA) is 87.4 Å². The molecule has 1 fully saturated rings. The zero-order valence-corrected chi connectivity index (χ0v) is 12.7. The van der Waals surface area contributed by atoms with E-state index in [1.54, 1.807) is 6.20 Å². The lowest BCUT2D eigenvalue weighted by molar-refractivity contribution is -0.123. The first-order valence-electron chi connectivity index (χ1n) is 6.89. The van der Waals surface area contributed by atoms with E-state index in [0.717, 1.165) is 16.9 Å². The number of rotatable bonds is 4. The number of benzene rings is 1. The number of amides is 1. The van der Waals surface area contributed by atoms with E-state index in [9.17, 15) is 9.90 Å². The van der Waals surface area contributed by atoms with Crippen LogP contribution in [0.4, 0.5) is 0 Å². The summed E-state index contributed by atoms with van der Waals surface area (Å²) in [5.41, 5.74) is 1.95. The number of carbonyl (C=O) groups excluding carboxylic acids is 1. The summed E-state index contributed by atoms with van der Waals surface area (Å²) in [4.78, 5) is 15.8. The van der Waals surface area contributed by atoms with Gasteiger partial charge >= 0.3 is 0 Å². The third-order valence-corrected chi connectivity index (χ3v) is 3.56. The van der Waals surface area contributed by atoms with Crippen molar-refractivity contribution in [3.05, 3.63) is 42.4 Å². The van der Waals surface area contributed by atoms with Crippen LogP contribution in [-0.2, 0) is 11.3 Å². The second-order valence-electron chi connectivity index (χ2n) is 5.13. The Bertz CT molecular complexity index is 601. The number of aliphatic hydroxyl groups is 1. The molecule has 22 heavy (non-hydrogen) atoms. The zero-order chi connectivity index (χ0) is 14.7. The lowest BCUT2D eigenvalue weighted by Crippen LogP contribution is -2.39. The Morgan fingerprint density at radius 2 is 2.18 bits per heavy atom. The molecule has 1 aliphatic rings. The Labute approximate surface area is 134 Å². The molecule has 1 aliphatic heterocycles. The first-order chi connectivity index (χ1) is 10.2. The Hall–Kier alpha value is -1.89. The molecule has 2 aromatic rings. The maximum atomic E-state index is 11.9. The molecular formula is C15H18ClN3O3. The van der Waals surface area contributed by atoms with Crippen LogP contribution in [0.15, 0.2) is 41.3 Å². The highest BCUT2D eigenvalue weighted by Crippen LogP contribution is 2.18. The van der Waals surface area contributed by atoms with Crippen LogP contribution in [0.1, 0.15) is 12.0 Å². The van der Waals surface area contributed by atoms with Crippen molar-refractivity contribution in [1.82, 2.24) is 15.6 Å². The molecule has 6 nitrogen and oxygen atoms in total. The molecule has 2 unspecified atom stereocenters. The van der Waals surface area contributed by atoms with Crippen LogP contribution in [-0.4, -0.2) is 34.7 Å².